The van der Waals surface area contributed by atoms with Gasteiger partial charge in [-0.3, -0.25) is 14.6 Å². The van der Waals surface area contributed by atoms with Crippen LogP contribution < -0.4 is 0 Å². The Hall–Kier alpha value is -3.52. The summed E-state index contributed by atoms with van der Waals surface area (Å²) < 4.78 is 11.5. The quantitative estimate of drug-likeness (QED) is 0.551. The molecular formula is C25H28N4O4. The fraction of sp³-hybridized carbons (Fsp3) is 0.360. The second-order valence-corrected chi connectivity index (χ2v) is 8.61. The summed E-state index contributed by atoms with van der Waals surface area (Å²) in [6.45, 7) is 5.75. The van der Waals surface area contributed by atoms with Crippen molar-refractivity contribution in [1.29, 1.82) is 0 Å². The molecule has 0 saturated carbocycles. The summed E-state index contributed by atoms with van der Waals surface area (Å²) in [5, 5.41) is 4.04. The molecule has 3 aromatic rings. The van der Waals surface area contributed by atoms with E-state index in [9.17, 15) is 9.59 Å². The number of ether oxygens (including phenoxy) is 1. The van der Waals surface area contributed by atoms with E-state index in [0.29, 0.717) is 31.3 Å². The highest BCUT2D eigenvalue weighted by atomic mass is 16.5. The van der Waals surface area contributed by atoms with Gasteiger partial charge in [0, 0.05) is 43.7 Å². The van der Waals surface area contributed by atoms with Crippen molar-refractivity contribution in [2.24, 2.45) is 5.92 Å². The lowest BCUT2D eigenvalue weighted by molar-refractivity contribution is -0.132. The minimum absolute atomic E-state index is 0.0281. The summed E-state index contributed by atoms with van der Waals surface area (Å²) in [6, 6.07) is 14.9. The predicted octanol–water partition coefficient (Wildman–Crippen LogP) is 3.26. The van der Waals surface area contributed by atoms with E-state index in [-0.39, 0.29) is 36.8 Å². The van der Waals surface area contributed by atoms with Crippen molar-refractivity contribution >= 4 is 11.8 Å². The first kappa shape index (κ1) is 22.7. The number of pyridine rings is 1. The zero-order chi connectivity index (χ0) is 23.2. The smallest absolute Gasteiger partial charge is 0.293 e. The van der Waals surface area contributed by atoms with Gasteiger partial charge in [0.25, 0.3) is 5.91 Å². The highest BCUT2D eigenvalue weighted by molar-refractivity contribution is 5.95. The van der Waals surface area contributed by atoms with E-state index < -0.39 is 0 Å². The molecular weight excluding hydrogens is 420 g/mol. The van der Waals surface area contributed by atoms with Gasteiger partial charge in [-0.15, -0.1) is 0 Å². The van der Waals surface area contributed by atoms with Crippen LogP contribution in [-0.2, 0) is 16.1 Å². The number of aromatic nitrogens is 2. The molecule has 172 valence electrons. The second-order valence-electron chi connectivity index (χ2n) is 8.61. The molecule has 8 heteroatoms. The molecule has 1 aliphatic rings. The Balaban J connectivity index is 1.51. The summed E-state index contributed by atoms with van der Waals surface area (Å²) in [4.78, 5) is 33.6. The fourth-order valence-corrected chi connectivity index (χ4v) is 3.83. The largest absolute Gasteiger partial charge is 0.370 e. The standard InChI is InChI=1S/C25H28N4O4/c1-18(2)13-28-14-21(32-17-19-7-6-10-26-12-19)15-29(16-24(28)30)25(31)23-11-22(27-33-23)20-8-4-3-5-9-20/h3-12,18,21H,13-17H2,1-2H3/t21-/m0/s1. The van der Waals surface area contributed by atoms with Gasteiger partial charge in [-0.25, -0.2) is 0 Å². The van der Waals surface area contributed by atoms with Crippen LogP contribution in [0.3, 0.4) is 0 Å². The van der Waals surface area contributed by atoms with Gasteiger partial charge in [0.1, 0.15) is 12.2 Å². The fourth-order valence-electron chi connectivity index (χ4n) is 3.83. The van der Waals surface area contributed by atoms with E-state index in [1.165, 1.54) is 4.90 Å². The molecule has 1 fully saturated rings. The average Bonchev–Trinajstić information content (AvgIpc) is 3.26. The average molecular weight is 449 g/mol. The molecule has 4 rings (SSSR count). The van der Waals surface area contributed by atoms with E-state index in [2.05, 4.69) is 24.0 Å². The lowest BCUT2D eigenvalue weighted by Crippen LogP contribution is -2.40. The molecule has 1 atom stereocenters. The lowest BCUT2D eigenvalue weighted by atomic mass is 10.1. The Kier molecular flexibility index (Phi) is 7.14. The van der Waals surface area contributed by atoms with Crippen LogP contribution in [0.25, 0.3) is 11.3 Å². The molecule has 0 radical (unpaired) electrons. The molecule has 0 N–H and O–H groups in total. The normalized spacial score (nSPS) is 16.8. The van der Waals surface area contributed by atoms with Crippen LogP contribution in [0, 0.1) is 5.92 Å². The van der Waals surface area contributed by atoms with Gasteiger partial charge in [-0.05, 0) is 17.5 Å². The highest BCUT2D eigenvalue weighted by Gasteiger charge is 2.33. The predicted molar refractivity (Wildman–Crippen MR) is 122 cm³/mol. The Morgan fingerprint density at radius 1 is 1.18 bits per heavy atom. The van der Waals surface area contributed by atoms with Crippen LogP contribution in [0.5, 0.6) is 0 Å². The van der Waals surface area contributed by atoms with Gasteiger partial charge in [0.2, 0.25) is 11.7 Å². The molecule has 33 heavy (non-hydrogen) atoms. The van der Waals surface area contributed by atoms with Crippen LogP contribution in [0.4, 0.5) is 0 Å². The number of carbonyl (C=O) groups is 2. The second kappa shape index (κ2) is 10.4. The topological polar surface area (TPSA) is 88.8 Å². The first-order chi connectivity index (χ1) is 16.0. The van der Waals surface area contributed by atoms with Crippen molar-refractivity contribution in [1.82, 2.24) is 19.9 Å². The van der Waals surface area contributed by atoms with E-state index in [0.717, 1.165) is 11.1 Å². The number of hydrogen-bond acceptors (Lipinski definition) is 6. The number of carbonyl (C=O) groups excluding carboxylic acids is 2. The highest BCUT2D eigenvalue weighted by Crippen LogP contribution is 2.21. The number of rotatable bonds is 7. The summed E-state index contributed by atoms with van der Waals surface area (Å²) in [6.07, 6.45) is 3.12. The third kappa shape index (κ3) is 5.84. The summed E-state index contributed by atoms with van der Waals surface area (Å²) in [5.74, 6) is -0.0745. The number of benzene rings is 1. The Labute approximate surface area is 193 Å². The molecule has 0 spiro atoms. The maximum absolute atomic E-state index is 13.2. The third-order valence-corrected chi connectivity index (χ3v) is 5.40. The van der Waals surface area contributed by atoms with E-state index in [1.54, 1.807) is 23.4 Å². The van der Waals surface area contributed by atoms with Crippen LogP contribution in [0.2, 0.25) is 0 Å². The molecule has 8 nitrogen and oxygen atoms in total. The van der Waals surface area contributed by atoms with Gasteiger partial charge in [-0.2, -0.15) is 0 Å². The molecule has 0 bridgehead atoms. The van der Waals surface area contributed by atoms with Gasteiger partial charge < -0.3 is 19.1 Å². The van der Waals surface area contributed by atoms with E-state index >= 15 is 0 Å². The zero-order valence-electron chi connectivity index (χ0n) is 18.9. The number of nitrogens with zero attached hydrogens (tertiary/aromatic N) is 4. The SMILES string of the molecule is CC(C)CN1C[C@H](OCc2cccnc2)CN(C(=O)c2cc(-c3ccccc3)no2)CC1=O. The van der Waals surface area contributed by atoms with Crippen molar-refractivity contribution in [3.05, 3.63) is 72.2 Å². The number of hydrogen-bond donors (Lipinski definition) is 0. The Morgan fingerprint density at radius 3 is 2.73 bits per heavy atom. The van der Waals surface area contributed by atoms with Gasteiger partial charge >= 0.3 is 0 Å². The Bertz CT molecular complexity index is 1070. The molecule has 0 aliphatic carbocycles. The lowest BCUT2D eigenvalue weighted by Gasteiger charge is -2.25. The van der Waals surface area contributed by atoms with Crippen LogP contribution in [0.1, 0.15) is 30.0 Å². The Morgan fingerprint density at radius 2 is 2.00 bits per heavy atom. The third-order valence-electron chi connectivity index (χ3n) is 5.40. The summed E-state index contributed by atoms with van der Waals surface area (Å²) >= 11 is 0. The summed E-state index contributed by atoms with van der Waals surface area (Å²) in [7, 11) is 0. The first-order valence-electron chi connectivity index (χ1n) is 11.1. The molecule has 2 amide bonds. The van der Waals surface area contributed by atoms with Gasteiger partial charge in [-0.1, -0.05) is 55.4 Å². The zero-order valence-corrected chi connectivity index (χ0v) is 18.9. The maximum atomic E-state index is 13.2. The van der Waals surface area contributed by atoms with Gasteiger partial charge in [0.05, 0.1) is 12.7 Å². The van der Waals surface area contributed by atoms with Gasteiger partial charge in [0.15, 0.2) is 0 Å². The molecule has 0 unspecified atom stereocenters. The molecule has 1 aliphatic heterocycles. The number of amides is 2. The van der Waals surface area contributed by atoms with Crippen molar-refractivity contribution in [2.75, 3.05) is 26.2 Å². The van der Waals surface area contributed by atoms with Crippen molar-refractivity contribution in [2.45, 2.75) is 26.6 Å². The van der Waals surface area contributed by atoms with Crippen molar-refractivity contribution < 1.29 is 18.8 Å². The molecule has 3 heterocycles. The van der Waals surface area contributed by atoms with Crippen LogP contribution >= 0.6 is 0 Å². The molecule has 1 aromatic carbocycles. The van der Waals surface area contributed by atoms with E-state index in [4.69, 9.17) is 9.26 Å². The monoisotopic (exact) mass is 448 g/mol. The van der Waals surface area contributed by atoms with E-state index in [1.807, 2.05) is 42.5 Å². The molecule has 1 saturated heterocycles. The maximum Gasteiger partial charge on any atom is 0.293 e. The minimum atomic E-state index is -0.376. The van der Waals surface area contributed by atoms with Crippen molar-refractivity contribution in [3.63, 3.8) is 0 Å². The minimum Gasteiger partial charge on any atom is -0.370 e. The summed E-state index contributed by atoms with van der Waals surface area (Å²) in [5.41, 5.74) is 2.36. The van der Waals surface area contributed by atoms with Crippen molar-refractivity contribution in [3.8, 4) is 11.3 Å². The van der Waals surface area contributed by atoms with Crippen LogP contribution in [-0.4, -0.2) is 64.0 Å². The molecule has 2 aromatic heterocycles. The first-order valence-corrected chi connectivity index (χ1v) is 11.1. The van der Waals surface area contributed by atoms with Crippen LogP contribution in [0.15, 0.2) is 65.4 Å².